The van der Waals surface area contributed by atoms with E-state index < -0.39 is 5.97 Å². The Balaban J connectivity index is 2.11. The molecule has 0 aliphatic heterocycles. The van der Waals surface area contributed by atoms with E-state index in [1.807, 2.05) is 44.2 Å². The molecule has 0 atom stereocenters. The highest BCUT2D eigenvalue weighted by Crippen LogP contribution is 2.30. The number of aromatic nitrogens is 2. The van der Waals surface area contributed by atoms with Crippen LogP contribution in [-0.4, -0.2) is 27.0 Å². The maximum absolute atomic E-state index is 12.0. The summed E-state index contributed by atoms with van der Waals surface area (Å²) < 4.78 is 0. The fourth-order valence-electron chi connectivity index (χ4n) is 2.60. The van der Waals surface area contributed by atoms with E-state index in [2.05, 4.69) is 15.3 Å². The van der Waals surface area contributed by atoms with E-state index in [4.69, 9.17) is 5.11 Å². The number of aryl methyl sites for hydroxylation is 2. The van der Waals surface area contributed by atoms with Crippen LogP contribution in [-0.2, 0) is 9.59 Å². The molecule has 1 aromatic carbocycles. The predicted octanol–water partition coefficient (Wildman–Crippen LogP) is 3.20. The highest BCUT2D eigenvalue weighted by molar-refractivity contribution is 6.12. The first-order valence-electron chi connectivity index (χ1n) is 7.63. The lowest BCUT2D eigenvalue weighted by atomic mass is 10.1. The fraction of sp³-hybridized carbons (Fsp3) is 0.222. The second-order valence-corrected chi connectivity index (χ2v) is 5.74. The molecular weight excluding hydrogens is 306 g/mol. The summed E-state index contributed by atoms with van der Waals surface area (Å²) >= 11 is 0. The van der Waals surface area contributed by atoms with Crippen molar-refractivity contribution in [2.24, 2.45) is 0 Å². The van der Waals surface area contributed by atoms with Gasteiger partial charge >= 0.3 is 5.97 Å². The SMILES string of the molecule is Cc1ccc2cc(NC(=O)CCC(=O)O)c3ccc(C)nc3c2n1. The molecule has 122 valence electrons. The number of aliphatic carboxylic acids is 1. The number of fused-ring (bicyclic) bond motifs is 3. The van der Waals surface area contributed by atoms with Crippen molar-refractivity contribution in [2.75, 3.05) is 5.32 Å². The van der Waals surface area contributed by atoms with Crippen molar-refractivity contribution in [1.29, 1.82) is 0 Å². The number of nitrogens with zero attached hydrogens (tertiary/aromatic N) is 2. The number of amides is 1. The van der Waals surface area contributed by atoms with Gasteiger partial charge in [0.1, 0.15) is 0 Å². The van der Waals surface area contributed by atoms with Crippen LogP contribution in [0.25, 0.3) is 21.8 Å². The molecule has 0 aliphatic rings. The van der Waals surface area contributed by atoms with E-state index in [1.54, 1.807) is 0 Å². The van der Waals surface area contributed by atoms with Crippen LogP contribution in [0.2, 0.25) is 0 Å². The number of carbonyl (C=O) groups is 2. The smallest absolute Gasteiger partial charge is 0.303 e. The third kappa shape index (κ3) is 3.17. The second kappa shape index (κ2) is 6.23. The Bertz CT molecular complexity index is 967. The van der Waals surface area contributed by atoms with Gasteiger partial charge in [-0.1, -0.05) is 6.07 Å². The summed E-state index contributed by atoms with van der Waals surface area (Å²) in [5.74, 6) is -1.33. The van der Waals surface area contributed by atoms with Crippen molar-refractivity contribution in [1.82, 2.24) is 9.97 Å². The van der Waals surface area contributed by atoms with Gasteiger partial charge in [0.15, 0.2) is 0 Å². The molecule has 2 aromatic heterocycles. The summed E-state index contributed by atoms with van der Waals surface area (Å²) in [6, 6.07) is 9.46. The van der Waals surface area contributed by atoms with Crippen molar-refractivity contribution in [3.63, 3.8) is 0 Å². The molecular formula is C18H17N3O3. The molecule has 0 fully saturated rings. The quantitative estimate of drug-likeness (QED) is 0.719. The van der Waals surface area contributed by atoms with Crippen LogP contribution >= 0.6 is 0 Å². The average Bonchev–Trinajstić information content (AvgIpc) is 2.53. The third-order valence-corrected chi connectivity index (χ3v) is 3.75. The maximum atomic E-state index is 12.0. The van der Waals surface area contributed by atoms with Crippen molar-refractivity contribution in [3.8, 4) is 0 Å². The van der Waals surface area contributed by atoms with Crippen LogP contribution in [0, 0.1) is 13.8 Å². The molecule has 3 aromatic rings. The van der Waals surface area contributed by atoms with Gasteiger partial charge < -0.3 is 10.4 Å². The molecule has 0 aliphatic carbocycles. The lowest BCUT2D eigenvalue weighted by molar-refractivity contribution is -0.138. The molecule has 0 saturated carbocycles. The van der Waals surface area contributed by atoms with Gasteiger partial charge in [0.2, 0.25) is 5.91 Å². The summed E-state index contributed by atoms with van der Waals surface area (Å²) in [5.41, 5.74) is 3.89. The third-order valence-electron chi connectivity index (χ3n) is 3.75. The first-order valence-corrected chi connectivity index (χ1v) is 7.63. The van der Waals surface area contributed by atoms with Crippen molar-refractivity contribution in [2.45, 2.75) is 26.7 Å². The number of carbonyl (C=O) groups excluding carboxylic acids is 1. The molecule has 0 saturated heterocycles. The predicted molar refractivity (Wildman–Crippen MR) is 92.0 cm³/mol. The number of benzene rings is 1. The largest absolute Gasteiger partial charge is 0.481 e. The number of hydrogen-bond donors (Lipinski definition) is 2. The Kier molecular flexibility index (Phi) is 4.12. The first-order chi connectivity index (χ1) is 11.4. The van der Waals surface area contributed by atoms with Crippen LogP contribution in [0.1, 0.15) is 24.2 Å². The van der Waals surface area contributed by atoms with E-state index in [-0.39, 0.29) is 18.7 Å². The van der Waals surface area contributed by atoms with Gasteiger partial charge in [-0.3, -0.25) is 19.6 Å². The van der Waals surface area contributed by atoms with Crippen molar-refractivity contribution in [3.05, 3.63) is 41.7 Å². The standard InChI is InChI=1S/C18H17N3O3/c1-10-3-5-12-9-14(21-15(22)7-8-16(23)24)13-6-4-11(2)20-18(13)17(12)19-10/h3-6,9H,7-8H2,1-2H3,(H,21,22)(H,23,24). The first kappa shape index (κ1) is 15.9. The number of rotatable bonds is 4. The van der Waals surface area contributed by atoms with Gasteiger partial charge in [-0.15, -0.1) is 0 Å². The zero-order valence-corrected chi connectivity index (χ0v) is 13.5. The van der Waals surface area contributed by atoms with Gasteiger partial charge in [-0.25, -0.2) is 0 Å². The highest BCUT2D eigenvalue weighted by Gasteiger charge is 2.12. The van der Waals surface area contributed by atoms with Gasteiger partial charge in [0.05, 0.1) is 23.1 Å². The van der Waals surface area contributed by atoms with Gasteiger partial charge in [0, 0.05) is 28.6 Å². The summed E-state index contributed by atoms with van der Waals surface area (Å²) in [4.78, 5) is 31.8. The normalized spacial score (nSPS) is 10.9. The minimum atomic E-state index is -0.995. The summed E-state index contributed by atoms with van der Waals surface area (Å²) in [7, 11) is 0. The molecule has 2 heterocycles. The second-order valence-electron chi connectivity index (χ2n) is 5.74. The number of nitrogens with one attached hydrogen (secondary N) is 1. The van der Waals surface area contributed by atoms with Crippen molar-refractivity contribution >= 4 is 39.4 Å². The summed E-state index contributed by atoms with van der Waals surface area (Å²) in [6.07, 6.45) is -0.268. The summed E-state index contributed by atoms with van der Waals surface area (Å²) in [6.45, 7) is 3.82. The molecule has 1 amide bonds. The lowest BCUT2D eigenvalue weighted by Crippen LogP contribution is -2.13. The number of hydrogen-bond acceptors (Lipinski definition) is 4. The molecule has 0 bridgehead atoms. The number of anilines is 1. The Labute approximate surface area is 138 Å². The maximum Gasteiger partial charge on any atom is 0.303 e. The molecule has 0 spiro atoms. The number of carboxylic acid groups (broad SMARTS) is 1. The summed E-state index contributed by atoms with van der Waals surface area (Å²) in [5, 5.41) is 13.2. The molecule has 6 heteroatoms. The minimum Gasteiger partial charge on any atom is -0.481 e. The Morgan fingerprint density at radius 3 is 2.38 bits per heavy atom. The van der Waals surface area contributed by atoms with E-state index in [0.717, 1.165) is 33.2 Å². The monoisotopic (exact) mass is 323 g/mol. The zero-order valence-electron chi connectivity index (χ0n) is 13.5. The number of pyridine rings is 2. The van der Waals surface area contributed by atoms with Crippen LogP contribution in [0.5, 0.6) is 0 Å². The lowest BCUT2D eigenvalue weighted by Gasteiger charge is -2.11. The average molecular weight is 323 g/mol. The molecule has 2 N–H and O–H groups in total. The van der Waals surface area contributed by atoms with Crippen LogP contribution in [0.4, 0.5) is 5.69 Å². The zero-order chi connectivity index (χ0) is 17.3. The Morgan fingerprint density at radius 1 is 1.00 bits per heavy atom. The van der Waals surface area contributed by atoms with E-state index in [9.17, 15) is 9.59 Å². The molecule has 3 rings (SSSR count). The fourth-order valence-corrected chi connectivity index (χ4v) is 2.60. The molecule has 24 heavy (non-hydrogen) atoms. The van der Waals surface area contributed by atoms with E-state index in [1.165, 1.54) is 0 Å². The molecule has 0 unspecified atom stereocenters. The van der Waals surface area contributed by atoms with Crippen LogP contribution < -0.4 is 5.32 Å². The molecule has 6 nitrogen and oxygen atoms in total. The Hall–Kier alpha value is -3.02. The molecule has 0 radical (unpaired) electrons. The van der Waals surface area contributed by atoms with Crippen molar-refractivity contribution < 1.29 is 14.7 Å². The van der Waals surface area contributed by atoms with Crippen LogP contribution in [0.3, 0.4) is 0 Å². The van der Waals surface area contributed by atoms with Crippen LogP contribution in [0.15, 0.2) is 30.3 Å². The van der Waals surface area contributed by atoms with Gasteiger partial charge in [-0.2, -0.15) is 0 Å². The van der Waals surface area contributed by atoms with E-state index >= 15 is 0 Å². The van der Waals surface area contributed by atoms with Gasteiger partial charge in [0.25, 0.3) is 0 Å². The van der Waals surface area contributed by atoms with E-state index in [0.29, 0.717) is 5.69 Å². The number of carboxylic acids is 1. The minimum absolute atomic E-state index is 0.0691. The topological polar surface area (TPSA) is 92.2 Å². The van der Waals surface area contributed by atoms with Gasteiger partial charge in [-0.05, 0) is 38.1 Å². The Morgan fingerprint density at radius 2 is 1.67 bits per heavy atom. The highest BCUT2D eigenvalue weighted by atomic mass is 16.4.